The molecule has 3 saturated heterocycles. The van der Waals surface area contributed by atoms with Gasteiger partial charge in [-0.1, -0.05) is 20.8 Å². The van der Waals surface area contributed by atoms with Crippen LogP contribution in [0.2, 0.25) is 0 Å². The van der Waals surface area contributed by atoms with Gasteiger partial charge in [-0.2, -0.15) is 0 Å². The Kier molecular flexibility index (Phi) is 7.45. The van der Waals surface area contributed by atoms with Crippen LogP contribution < -0.4 is 0 Å². The Morgan fingerprint density at radius 3 is 2.02 bits per heavy atom. The fraction of sp³-hybridized carbons (Fsp3) is 0.833. The van der Waals surface area contributed by atoms with Crippen LogP contribution in [0.4, 0.5) is 0 Å². The summed E-state index contributed by atoms with van der Waals surface area (Å²) in [7, 11) is 0. The minimum absolute atomic E-state index is 0.316. The van der Waals surface area contributed by atoms with Crippen molar-refractivity contribution in [3.05, 3.63) is 0 Å². The quantitative estimate of drug-likeness (QED) is 0.145. The Morgan fingerprint density at radius 1 is 0.830 bits per heavy atom. The lowest BCUT2D eigenvalue weighted by Crippen LogP contribution is -2.80. The molecule has 17 nitrogen and oxygen atoms in total. The number of ketones is 1. The molecule has 5 saturated carbocycles. The average Bonchev–Trinajstić information content (AvgIpc) is 3.96. The summed E-state index contributed by atoms with van der Waals surface area (Å²) in [6, 6.07) is 0. The first kappa shape index (κ1) is 36.7. The predicted octanol–water partition coefficient (Wildman–Crippen LogP) is -1.29. The number of carbonyl (C=O) groups excluding carboxylic acids is 6. The van der Waals surface area contributed by atoms with Crippen molar-refractivity contribution >= 4 is 35.6 Å². The zero-order valence-corrected chi connectivity index (χ0v) is 30.6. The van der Waals surface area contributed by atoms with Crippen LogP contribution in [-0.4, -0.2) is 128 Å². The van der Waals surface area contributed by atoms with Gasteiger partial charge in [0, 0.05) is 56.3 Å². The fourth-order valence-corrected chi connectivity index (χ4v) is 13.2. The van der Waals surface area contributed by atoms with E-state index in [2.05, 4.69) is 0 Å². The number of carbonyl (C=O) groups is 6. The van der Waals surface area contributed by atoms with Crippen LogP contribution in [0.15, 0.2) is 0 Å². The highest BCUT2D eigenvalue weighted by atomic mass is 16.8. The van der Waals surface area contributed by atoms with Crippen molar-refractivity contribution in [2.24, 2.45) is 51.8 Å². The third kappa shape index (κ3) is 4.03. The monoisotopic (exact) mass is 750 g/mol. The van der Waals surface area contributed by atoms with E-state index < -0.39 is 160 Å². The number of Topliss-reactive ketones (excluding diaryl/α,β-unsaturated/α-hetero) is 1. The van der Waals surface area contributed by atoms with Crippen molar-refractivity contribution in [1.82, 2.24) is 0 Å². The highest BCUT2D eigenvalue weighted by Crippen LogP contribution is 2.81. The maximum atomic E-state index is 14.7. The van der Waals surface area contributed by atoms with Crippen molar-refractivity contribution < 1.29 is 82.4 Å². The normalized spacial score (nSPS) is 56.4. The second-order valence-electron chi connectivity index (χ2n) is 17.3. The van der Waals surface area contributed by atoms with Gasteiger partial charge in [0.05, 0.1) is 16.9 Å². The Labute approximate surface area is 303 Å². The highest BCUT2D eigenvalue weighted by molar-refractivity contribution is 5.94. The number of hydrogen-bond donors (Lipinski definition) is 4. The van der Waals surface area contributed by atoms with Crippen LogP contribution >= 0.6 is 0 Å². The molecule has 0 aromatic heterocycles. The molecule has 8 aliphatic rings. The molecule has 292 valence electrons. The number of esters is 5. The SMILES string of the molecule is CC(=O)O[C@@H]1[C@H]2C3C([C@H](OC(=O)CO)[C@H](OC(C)=O)[C@]2(C)C2[C@H](C)[C@H]4O[C@]45OC(=O)[C@@](C)(O)[C@]5(C)[C@@H]21)[C@@]1(C)[C@@H](OC(C)=O)[C@H]2O[C@H]2C[C@]1(O)C(=O)[C@@H]3O. The second-order valence-corrected chi connectivity index (χ2v) is 17.3. The Balaban J connectivity index is 1.44. The number of rotatable bonds is 5. The molecule has 0 radical (unpaired) electrons. The number of epoxide rings is 2. The molecule has 0 aromatic rings. The maximum Gasteiger partial charge on any atom is 0.341 e. The first-order valence-electron chi connectivity index (χ1n) is 18.1. The Bertz CT molecular complexity index is 1730. The van der Waals surface area contributed by atoms with E-state index in [1.54, 1.807) is 20.8 Å². The molecule has 0 aromatic carbocycles. The number of ether oxygens (including phenoxy) is 7. The fourth-order valence-electron chi connectivity index (χ4n) is 13.2. The molecule has 4 N–H and O–H groups in total. The zero-order chi connectivity index (χ0) is 38.9. The van der Waals surface area contributed by atoms with E-state index in [4.69, 9.17) is 33.2 Å². The van der Waals surface area contributed by atoms with Gasteiger partial charge in [0.1, 0.15) is 54.9 Å². The molecule has 5 aliphatic carbocycles. The van der Waals surface area contributed by atoms with E-state index in [9.17, 15) is 49.2 Å². The molecule has 17 heteroatoms. The summed E-state index contributed by atoms with van der Waals surface area (Å²) in [5.74, 6) is -13.7. The molecule has 1 spiro atoms. The van der Waals surface area contributed by atoms with Gasteiger partial charge < -0.3 is 53.6 Å². The number of hydrogen-bond acceptors (Lipinski definition) is 17. The van der Waals surface area contributed by atoms with E-state index in [0.717, 1.165) is 20.8 Å². The predicted molar refractivity (Wildman–Crippen MR) is 168 cm³/mol. The summed E-state index contributed by atoms with van der Waals surface area (Å²) < 4.78 is 42.1. The summed E-state index contributed by atoms with van der Waals surface area (Å²) in [6.07, 6.45) is -10.5. The van der Waals surface area contributed by atoms with Crippen molar-refractivity contribution in [3.63, 3.8) is 0 Å². The smallest absolute Gasteiger partial charge is 0.341 e. The van der Waals surface area contributed by atoms with Gasteiger partial charge in [-0.25, -0.2) is 9.59 Å². The van der Waals surface area contributed by atoms with Gasteiger partial charge in [0.15, 0.2) is 11.4 Å². The van der Waals surface area contributed by atoms with Gasteiger partial charge >= 0.3 is 29.8 Å². The van der Waals surface area contributed by atoms with Crippen molar-refractivity contribution in [3.8, 4) is 0 Å². The van der Waals surface area contributed by atoms with E-state index in [1.165, 1.54) is 13.8 Å². The molecule has 3 aliphatic heterocycles. The minimum atomic E-state index is -2.46. The minimum Gasteiger partial charge on any atom is -0.462 e. The van der Waals surface area contributed by atoms with Crippen LogP contribution in [0.5, 0.6) is 0 Å². The van der Waals surface area contributed by atoms with Crippen LogP contribution in [0, 0.1) is 51.8 Å². The molecule has 0 bridgehead atoms. The van der Waals surface area contributed by atoms with Crippen molar-refractivity contribution in [2.45, 2.75) is 128 Å². The van der Waals surface area contributed by atoms with Crippen LogP contribution in [0.25, 0.3) is 0 Å². The molecular formula is C36H46O17. The number of fused-ring (bicyclic) bond motifs is 9. The molecular weight excluding hydrogens is 704 g/mol. The summed E-state index contributed by atoms with van der Waals surface area (Å²) in [4.78, 5) is 80.5. The van der Waals surface area contributed by atoms with E-state index in [-0.39, 0.29) is 6.42 Å². The summed E-state index contributed by atoms with van der Waals surface area (Å²) in [5.41, 5.74) is -9.80. The molecule has 8 rings (SSSR count). The molecule has 3 unspecified atom stereocenters. The topological polar surface area (TPSA) is 255 Å². The number of aliphatic hydroxyl groups excluding tert-OH is 2. The third-order valence-corrected chi connectivity index (χ3v) is 15.2. The zero-order valence-electron chi connectivity index (χ0n) is 30.6. The summed E-state index contributed by atoms with van der Waals surface area (Å²) in [5, 5.41) is 47.0. The molecule has 8 fully saturated rings. The van der Waals surface area contributed by atoms with Gasteiger partial charge in [-0.15, -0.1) is 0 Å². The van der Waals surface area contributed by atoms with Crippen LogP contribution in [0.1, 0.15) is 61.8 Å². The van der Waals surface area contributed by atoms with Crippen LogP contribution in [0.3, 0.4) is 0 Å². The molecule has 53 heavy (non-hydrogen) atoms. The second kappa shape index (κ2) is 10.8. The van der Waals surface area contributed by atoms with Crippen molar-refractivity contribution in [1.29, 1.82) is 0 Å². The summed E-state index contributed by atoms with van der Waals surface area (Å²) >= 11 is 0. The lowest BCUT2D eigenvalue weighted by atomic mass is 9.39. The first-order chi connectivity index (χ1) is 24.5. The molecule has 0 amide bonds. The lowest BCUT2D eigenvalue weighted by Gasteiger charge is -2.67. The van der Waals surface area contributed by atoms with E-state index in [0.29, 0.717) is 0 Å². The van der Waals surface area contributed by atoms with Crippen LogP contribution in [-0.2, 0) is 61.9 Å². The van der Waals surface area contributed by atoms with Gasteiger partial charge in [0.2, 0.25) is 5.79 Å². The Morgan fingerprint density at radius 2 is 1.43 bits per heavy atom. The maximum absolute atomic E-state index is 14.7. The number of aliphatic hydroxyl groups is 4. The average molecular weight is 751 g/mol. The third-order valence-electron chi connectivity index (χ3n) is 15.2. The van der Waals surface area contributed by atoms with Crippen molar-refractivity contribution in [2.75, 3.05) is 6.61 Å². The van der Waals surface area contributed by atoms with Gasteiger partial charge in [-0.3, -0.25) is 19.2 Å². The van der Waals surface area contributed by atoms with E-state index >= 15 is 0 Å². The molecule has 3 heterocycles. The van der Waals surface area contributed by atoms with Gasteiger partial charge in [0.25, 0.3) is 0 Å². The highest BCUT2D eigenvalue weighted by Gasteiger charge is 2.94. The summed E-state index contributed by atoms with van der Waals surface area (Å²) in [6.45, 7) is 10.1. The largest absolute Gasteiger partial charge is 0.462 e. The lowest BCUT2D eigenvalue weighted by molar-refractivity contribution is -0.297. The van der Waals surface area contributed by atoms with E-state index in [1.807, 2.05) is 0 Å². The standard InChI is InChI=1S/C36H46O17/c1-11-18-21(33(7)34(8,45)30(44)53-36(33)27(11)52-36)24(47-12(2)38)19-17-20(25(51-16(41)10-37)28(31(18,19)5)48-13(3)39)32(6)29(49-14(4)40)23-15(50-23)9-35(32,46)26(43)22(17)42/h11,15,17-25,27-29,37,42,45-46H,9-10H2,1-8H3/t11-,15-,17?,18?,19+,20?,21-,22+,23-,24+,25-,27+,28-,29-,31+,32-,33-,34+,35-,36-/m0/s1. The first-order valence-corrected chi connectivity index (χ1v) is 18.1. The van der Waals surface area contributed by atoms with Gasteiger partial charge in [-0.05, 0) is 25.7 Å². The molecule has 20 atom stereocenters. The Hall–Kier alpha value is -3.22.